The number of amides is 1. The summed E-state index contributed by atoms with van der Waals surface area (Å²) in [5.74, 6) is -0.208. The van der Waals surface area contributed by atoms with Crippen LogP contribution in [0.15, 0.2) is 18.2 Å². The molecule has 1 aromatic rings. The zero-order chi connectivity index (χ0) is 14.0. The summed E-state index contributed by atoms with van der Waals surface area (Å²) in [6.45, 7) is 1.97. The third-order valence-electron chi connectivity index (χ3n) is 3.70. The second kappa shape index (κ2) is 5.57. The molecule has 1 aliphatic heterocycles. The van der Waals surface area contributed by atoms with E-state index >= 15 is 0 Å². The van der Waals surface area contributed by atoms with Crippen LogP contribution in [0.4, 0.5) is 4.39 Å². The number of ether oxygens (including phenoxy) is 1. The van der Waals surface area contributed by atoms with E-state index < -0.39 is 5.82 Å². The smallest absolute Gasteiger partial charge is 0.220 e. The molecule has 5 heteroatoms. The third-order valence-corrected chi connectivity index (χ3v) is 3.70. The maximum absolute atomic E-state index is 13.8. The van der Waals surface area contributed by atoms with Crippen LogP contribution >= 0.6 is 0 Å². The Bertz CT molecular complexity index is 479. The van der Waals surface area contributed by atoms with Crippen molar-refractivity contribution < 1.29 is 13.9 Å². The van der Waals surface area contributed by atoms with Crippen LogP contribution in [0.1, 0.15) is 31.4 Å². The number of methoxy groups -OCH3 is 1. The molecule has 0 spiro atoms. The van der Waals surface area contributed by atoms with E-state index in [4.69, 9.17) is 10.5 Å². The summed E-state index contributed by atoms with van der Waals surface area (Å²) in [4.78, 5) is 13.5. The number of nitrogens with two attached hydrogens (primary N) is 1. The molecule has 2 atom stereocenters. The Kier molecular flexibility index (Phi) is 4.04. The zero-order valence-corrected chi connectivity index (χ0v) is 11.2. The molecule has 1 aliphatic rings. The molecule has 1 aromatic carbocycles. The first-order valence-corrected chi connectivity index (χ1v) is 6.41. The highest BCUT2D eigenvalue weighted by atomic mass is 19.1. The summed E-state index contributed by atoms with van der Waals surface area (Å²) < 4.78 is 18.7. The zero-order valence-electron chi connectivity index (χ0n) is 11.2. The number of carbonyl (C=O) groups is 1. The lowest BCUT2D eigenvalue weighted by Crippen LogP contribution is -2.40. The molecule has 0 radical (unpaired) electrons. The van der Waals surface area contributed by atoms with Gasteiger partial charge < -0.3 is 15.4 Å². The van der Waals surface area contributed by atoms with E-state index in [0.717, 1.165) is 18.4 Å². The van der Waals surface area contributed by atoms with E-state index in [9.17, 15) is 9.18 Å². The average Bonchev–Trinajstić information content (AvgIpc) is 2.82. The standard InChI is InChI=1S/C14H19FN2O2/c1-9(18)17-11(8-16)4-5-13(17)10-3-6-14(19-2)12(15)7-10/h3,6-7,11,13H,4-5,8,16H2,1-2H3. The van der Waals surface area contributed by atoms with E-state index in [-0.39, 0.29) is 23.7 Å². The molecule has 1 fully saturated rings. The highest BCUT2D eigenvalue weighted by Gasteiger charge is 2.35. The van der Waals surface area contributed by atoms with Gasteiger partial charge in [0.2, 0.25) is 5.91 Å². The molecule has 0 aliphatic carbocycles. The van der Waals surface area contributed by atoms with Crippen LogP contribution in [0.25, 0.3) is 0 Å². The molecular weight excluding hydrogens is 247 g/mol. The summed E-state index contributed by atoms with van der Waals surface area (Å²) in [6.07, 6.45) is 1.67. The van der Waals surface area contributed by atoms with Gasteiger partial charge >= 0.3 is 0 Å². The predicted molar refractivity (Wildman–Crippen MR) is 70.3 cm³/mol. The van der Waals surface area contributed by atoms with Crippen LogP contribution < -0.4 is 10.5 Å². The number of rotatable bonds is 3. The van der Waals surface area contributed by atoms with E-state index in [1.807, 2.05) is 0 Å². The molecule has 1 heterocycles. The van der Waals surface area contributed by atoms with Crippen LogP contribution in [0, 0.1) is 5.82 Å². The van der Waals surface area contributed by atoms with Crippen LogP contribution in [0.5, 0.6) is 5.75 Å². The first-order chi connectivity index (χ1) is 9.08. The molecule has 2 unspecified atom stereocenters. The fourth-order valence-corrected chi connectivity index (χ4v) is 2.81. The molecule has 4 nitrogen and oxygen atoms in total. The van der Waals surface area contributed by atoms with E-state index in [2.05, 4.69) is 0 Å². The van der Waals surface area contributed by atoms with Gasteiger partial charge in [0.15, 0.2) is 11.6 Å². The summed E-state index contributed by atoms with van der Waals surface area (Å²) in [5, 5.41) is 0. The second-order valence-corrected chi connectivity index (χ2v) is 4.80. The number of hydrogen-bond donors (Lipinski definition) is 1. The molecule has 0 bridgehead atoms. The Morgan fingerprint density at radius 3 is 2.79 bits per heavy atom. The predicted octanol–water partition coefficient (Wildman–Crippen LogP) is 1.84. The summed E-state index contributed by atoms with van der Waals surface area (Å²) in [5.41, 5.74) is 6.49. The summed E-state index contributed by atoms with van der Waals surface area (Å²) in [6, 6.07) is 4.80. The van der Waals surface area contributed by atoms with E-state index in [1.165, 1.54) is 20.1 Å². The summed E-state index contributed by atoms with van der Waals surface area (Å²) >= 11 is 0. The number of hydrogen-bond acceptors (Lipinski definition) is 3. The maximum atomic E-state index is 13.8. The van der Waals surface area contributed by atoms with Gasteiger partial charge in [0.25, 0.3) is 0 Å². The normalized spacial score (nSPS) is 22.6. The van der Waals surface area contributed by atoms with Crippen molar-refractivity contribution in [2.45, 2.75) is 31.8 Å². The van der Waals surface area contributed by atoms with Crippen LogP contribution in [0.3, 0.4) is 0 Å². The van der Waals surface area contributed by atoms with Crippen molar-refractivity contribution in [2.75, 3.05) is 13.7 Å². The van der Waals surface area contributed by atoms with Crippen molar-refractivity contribution in [1.82, 2.24) is 4.90 Å². The Morgan fingerprint density at radius 2 is 2.26 bits per heavy atom. The lowest BCUT2D eigenvalue weighted by Gasteiger charge is -2.29. The van der Waals surface area contributed by atoms with Crippen LogP contribution in [-0.4, -0.2) is 30.5 Å². The average molecular weight is 266 g/mol. The van der Waals surface area contributed by atoms with Gasteiger partial charge in [0.1, 0.15) is 0 Å². The highest BCUT2D eigenvalue weighted by Crippen LogP contribution is 2.37. The largest absolute Gasteiger partial charge is 0.494 e. The molecule has 19 heavy (non-hydrogen) atoms. The van der Waals surface area contributed by atoms with Crippen molar-refractivity contribution in [3.8, 4) is 5.75 Å². The van der Waals surface area contributed by atoms with Crippen molar-refractivity contribution in [3.05, 3.63) is 29.6 Å². The lowest BCUT2D eigenvalue weighted by molar-refractivity contribution is -0.131. The monoisotopic (exact) mass is 266 g/mol. The van der Waals surface area contributed by atoms with Crippen molar-refractivity contribution in [3.63, 3.8) is 0 Å². The van der Waals surface area contributed by atoms with Crippen LogP contribution in [-0.2, 0) is 4.79 Å². The highest BCUT2D eigenvalue weighted by molar-refractivity contribution is 5.74. The maximum Gasteiger partial charge on any atom is 0.220 e. The van der Waals surface area contributed by atoms with Gasteiger partial charge in [-0.05, 0) is 30.5 Å². The third kappa shape index (κ3) is 2.56. The minimum Gasteiger partial charge on any atom is -0.494 e. The van der Waals surface area contributed by atoms with Gasteiger partial charge in [-0.25, -0.2) is 4.39 Å². The summed E-state index contributed by atoms with van der Waals surface area (Å²) in [7, 11) is 1.43. The van der Waals surface area contributed by atoms with Gasteiger partial charge in [-0.1, -0.05) is 6.07 Å². The van der Waals surface area contributed by atoms with Gasteiger partial charge in [-0.3, -0.25) is 4.79 Å². The topological polar surface area (TPSA) is 55.6 Å². The minimum atomic E-state index is -0.403. The number of likely N-dealkylation sites (tertiary alicyclic amines) is 1. The van der Waals surface area contributed by atoms with Gasteiger partial charge in [0, 0.05) is 19.5 Å². The minimum absolute atomic E-state index is 0.0193. The Hall–Kier alpha value is -1.62. The fourth-order valence-electron chi connectivity index (χ4n) is 2.81. The van der Waals surface area contributed by atoms with E-state index in [1.54, 1.807) is 17.0 Å². The Balaban J connectivity index is 2.30. The molecule has 1 amide bonds. The lowest BCUT2D eigenvalue weighted by atomic mass is 10.0. The quantitative estimate of drug-likeness (QED) is 0.908. The number of nitrogens with zero attached hydrogens (tertiary/aromatic N) is 1. The fraction of sp³-hybridized carbons (Fsp3) is 0.500. The molecule has 0 saturated carbocycles. The van der Waals surface area contributed by atoms with Gasteiger partial charge in [-0.15, -0.1) is 0 Å². The molecule has 2 N–H and O–H groups in total. The van der Waals surface area contributed by atoms with Crippen LogP contribution in [0.2, 0.25) is 0 Å². The second-order valence-electron chi connectivity index (χ2n) is 4.80. The van der Waals surface area contributed by atoms with Crippen molar-refractivity contribution >= 4 is 5.91 Å². The molecule has 104 valence electrons. The molecular formula is C14H19FN2O2. The van der Waals surface area contributed by atoms with Crippen molar-refractivity contribution in [2.24, 2.45) is 5.73 Å². The Morgan fingerprint density at radius 1 is 1.53 bits per heavy atom. The van der Waals surface area contributed by atoms with Gasteiger partial charge in [-0.2, -0.15) is 0 Å². The number of carbonyl (C=O) groups excluding carboxylic acids is 1. The first kappa shape index (κ1) is 13.8. The molecule has 0 aromatic heterocycles. The number of benzene rings is 1. The first-order valence-electron chi connectivity index (χ1n) is 6.41. The molecule has 2 rings (SSSR count). The number of halogens is 1. The Labute approximate surface area is 112 Å². The molecule has 1 saturated heterocycles. The van der Waals surface area contributed by atoms with Gasteiger partial charge in [0.05, 0.1) is 13.2 Å². The van der Waals surface area contributed by atoms with Crippen molar-refractivity contribution in [1.29, 1.82) is 0 Å². The van der Waals surface area contributed by atoms with E-state index in [0.29, 0.717) is 6.54 Å². The SMILES string of the molecule is COc1ccc(C2CCC(CN)N2C(C)=O)cc1F.